The summed E-state index contributed by atoms with van der Waals surface area (Å²) in [5.74, 6) is 0.0512. The highest BCUT2D eigenvalue weighted by molar-refractivity contribution is 5.97. The second kappa shape index (κ2) is 14.5. The van der Waals surface area contributed by atoms with Crippen molar-refractivity contribution < 1.29 is 28.6 Å². The van der Waals surface area contributed by atoms with E-state index < -0.39 is 11.6 Å². The lowest BCUT2D eigenvalue weighted by atomic mass is 10.00. The van der Waals surface area contributed by atoms with Crippen LogP contribution in [0.3, 0.4) is 0 Å². The molecule has 0 unspecified atom stereocenters. The molecular formula is C41H48N4O6. The number of carbonyl (C=O) groups excluding carboxylic acids is 3. The number of hydrogen-bond donors (Lipinski definition) is 1. The molecule has 1 N–H and O–H groups in total. The zero-order valence-electron chi connectivity index (χ0n) is 30.6. The van der Waals surface area contributed by atoms with Gasteiger partial charge in [-0.1, -0.05) is 36.4 Å². The maximum atomic E-state index is 13.8. The van der Waals surface area contributed by atoms with Crippen molar-refractivity contribution in [2.75, 3.05) is 25.1 Å². The van der Waals surface area contributed by atoms with Crippen molar-refractivity contribution in [2.45, 2.75) is 77.8 Å². The molecule has 2 aliphatic heterocycles. The highest BCUT2D eigenvalue weighted by atomic mass is 16.6. The second-order valence-corrected chi connectivity index (χ2v) is 14.7. The Bertz CT molecular complexity index is 1900. The SMILES string of the molecule is COc1cc(-c2cc(C(=O)OCc3ccccc3)n(C)c2)cc([C@@H](C)NC(=O)c2cc(N3C[C@H]4CC[C@@H](C3)N4C(=O)OC(C)(C)C)ccc2C)c1. The molecule has 2 fully saturated rings. The normalized spacial score (nSPS) is 17.5. The molecule has 1 aromatic heterocycles. The highest BCUT2D eigenvalue weighted by Gasteiger charge is 2.44. The van der Waals surface area contributed by atoms with Crippen molar-refractivity contribution in [3.05, 3.63) is 107 Å². The van der Waals surface area contributed by atoms with Gasteiger partial charge in [-0.3, -0.25) is 9.69 Å². The van der Waals surface area contributed by atoms with Gasteiger partial charge < -0.3 is 29.0 Å². The monoisotopic (exact) mass is 692 g/mol. The van der Waals surface area contributed by atoms with Crippen LogP contribution in [0.15, 0.2) is 79.0 Å². The number of nitrogens with zero attached hydrogens (tertiary/aromatic N) is 3. The van der Waals surface area contributed by atoms with E-state index in [-0.39, 0.29) is 36.7 Å². The largest absolute Gasteiger partial charge is 0.497 e. The third-order valence-electron chi connectivity index (χ3n) is 9.69. The molecule has 0 aliphatic carbocycles. The van der Waals surface area contributed by atoms with Gasteiger partial charge in [0.15, 0.2) is 0 Å². The molecule has 0 radical (unpaired) electrons. The number of piperazine rings is 1. The number of amides is 2. The second-order valence-electron chi connectivity index (χ2n) is 14.7. The zero-order valence-corrected chi connectivity index (χ0v) is 30.6. The van der Waals surface area contributed by atoms with E-state index in [2.05, 4.69) is 16.3 Å². The van der Waals surface area contributed by atoms with Gasteiger partial charge in [0, 0.05) is 43.1 Å². The number of aromatic nitrogens is 1. The van der Waals surface area contributed by atoms with Crippen LogP contribution in [0.4, 0.5) is 10.5 Å². The average Bonchev–Trinajstić information content (AvgIpc) is 3.62. The van der Waals surface area contributed by atoms with E-state index in [1.54, 1.807) is 11.7 Å². The highest BCUT2D eigenvalue weighted by Crippen LogP contribution is 2.35. The van der Waals surface area contributed by atoms with Gasteiger partial charge in [0.05, 0.1) is 25.2 Å². The fourth-order valence-electron chi connectivity index (χ4n) is 7.01. The van der Waals surface area contributed by atoms with E-state index in [1.165, 1.54) is 0 Å². The van der Waals surface area contributed by atoms with Crippen molar-refractivity contribution >= 4 is 23.7 Å². The quantitative estimate of drug-likeness (QED) is 0.182. The van der Waals surface area contributed by atoms with Crippen molar-refractivity contribution in [2.24, 2.45) is 7.05 Å². The molecule has 3 aromatic carbocycles. The fraction of sp³-hybridized carbons (Fsp3) is 0.390. The number of ether oxygens (including phenoxy) is 3. The molecule has 3 heterocycles. The summed E-state index contributed by atoms with van der Waals surface area (Å²) in [5, 5.41) is 3.19. The van der Waals surface area contributed by atoms with Crippen LogP contribution in [0.2, 0.25) is 0 Å². The summed E-state index contributed by atoms with van der Waals surface area (Å²) in [6.45, 7) is 11.1. The Balaban J connectivity index is 1.15. The lowest BCUT2D eigenvalue weighted by Gasteiger charge is -2.42. The van der Waals surface area contributed by atoms with Gasteiger partial charge in [-0.15, -0.1) is 0 Å². The minimum atomic E-state index is -0.542. The first-order valence-corrected chi connectivity index (χ1v) is 17.5. The molecule has 2 aliphatic rings. The lowest BCUT2D eigenvalue weighted by Crippen LogP contribution is -2.56. The van der Waals surface area contributed by atoms with E-state index in [0.717, 1.165) is 46.3 Å². The van der Waals surface area contributed by atoms with Crippen LogP contribution in [0, 0.1) is 6.92 Å². The summed E-state index contributed by atoms with van der Waals surface area (Å²) in [5.41, 5.74) is 5.78. The zero-order chi connectivity index (χ0) is 36.4. The third kappa shape index (κ3) is 8.06. The average molecular weight is 693 g/mol. The van der Waals surface area contributed by atoms with Gasteiger partial charge in [-0.25, -0.2) is 9.59 Å². The summed E-state index contributed by atoms with van der Waals surface area (Å²) < 4.78 is 18.7. The number of esters is 1. The van der Waals surface area contributed by atoms with Gasteiger partial charge >= 0.3 is 12.1 Å². The number of methoxy groups -OCH3 is 1. The molecule has 10 nitrogen and oxygen atoms in total. The molecule has 0 spiro atoms. The van der Waals surface area contributed by atoms with Gasteiger partial charge in [0.1, 0.15) is 23.7 Å². The maximum Gasteiger partial charge on any atom is 0.410 e. The first-order chi connectivity index (χ1) is 24.3. The first kappa shape index (κ1) is 35.6. The summed E-state index contributed by atoms with van der Waals surface area (Å²) in [4.78, 5) is 44.0. The Hall–Kier alpha value is -5.25. The molecule has 51 heavy (non-hydrogen) atoms. The molecule has 10 heteroatoms. The van der Waals surface area contributed by atoms with E-state index in [0.29, 0.717) is 30.1 Å². The third-order valence-corrected chi connectivity index (χ3v) is 9.69. The Morgan fingerprint density at radius 1 is 0.922 bits per heavy atom. The number of rotatable bonds is 9. The van der Waals surface area contributed by atoms with E-state index >= 15 is 0 Å². The van der Waals surface area contributed by atoms with Crippen LogP contribution in [-0.4, -0.2) is 65.3 Å². The molecule has 4 aromatic rings. The minimum absolute atomic E-state index is 0.0695. The molecule has 6 rings (SSSR count). The van der Waals surface area contributed by atoms with Crippen LogP contribution in [0.5, 0.6) is 5.75 Å². The lowest BCUT2D eigenvalue weighted by molar-refractivity contribution is 0.0123. The van der Waals surface area contributed by atoms with Gasteiger partial charge in [-0.05, 0) is 106 Å². The number of hydrogen-bond acceptors (Lipinski definition) is 7. The number of aryl methyl sites for hydroxylation is 2. The maximum absolute atomic E-state index is 13.8. The molecule has 2 amide bonds. The van der Waals surface area contributed by atoms with Crippen LogP contribution in [0.25, 0.3) is 11.1 Å². The van der Waals surface area contributed by atoms with Crippen LogP contribution < -0.4 is 15.0 Å². The van der Waals surface area contributed by atoms with Crippen molar-refractivity contribution in [3.8, 4) is 16.9 Å². The molecule has 3 atom stereocenters. The number of anilines is 1. The van der Waals surface area contributed by atoms with E-state index in [1.807, 2.05) is 119 Å². The van der Waals surface area contributed by atoms with Gasteiger partial charge in [0.25, 0.3) is 5.91 Å². The van der Waals surface area contributed by atoms with Gasteiger partial charge in [-0.2, -0.15) is 0 Å². The molecule has 2 saturated heterocycles. The van der Waals surface area contributed by atoms with Crippen LogP contribution in [-0.2, 0) is 23.1 Å². The van der Waals surface area contributed by atoms with Crippen molar-refractivity contribution in [3.63, 3.8) is 0 Å². The Morgan fingerprint density at radius 2 is 1.63 bits per heavy atom. The van der Waals surface area contributed by atoms with Crippen molar-refractivity contribution in [1.82, 2.24) is 14.8 Å². The van der Waals surface area contributed by atoms with Crippen LogP contribution >= 0.6 is 0 Å². The standard InChI is InChI=1S/C41H48N4O6/c1-26-13-14-32(44-23-33-15-16-34(24-44)45(33)40(48)51-41(3,4)5)21-36(26)38(46)42-27(2)29-17-30(19-35(18-29)49-7)31-20-37(43(6)22-31)39(47)50-25-28-11-9-8-10-12-28/h8-14,17-22,27,33-34H,15-16,23-25H2,1-7H3,(H,42,46)/t27-,33-,34+/m1/s1. The van der Waals surface area contributed by atoms with Gasteiger partial charge in [0.2, 0.25) is 0 Å². The van der Waals surface area contributed by atoms with Crippen LogP contribution in [0.1, 0.15) is 84.1 Å². The fourth-order valence-corrected chi connectivity index (χ4v) is 7.01. The summed E-state index contributed by atoms with van der Waals surface area (Å²) in [6.07, 6.45) is 3.50. The minimum Gasteiger partial charge on any atom is -0.497 e. The number of carbonyl (C=O) groups is 3. The molecule has 268 valence electrons. The Kier molecular flexibility index (Phi) is 10.1. The van der Waals surface area contributed by atoms with E-state index in [4.69, 9.17) is 14.2 Å². The molecule has 2 bridgehead atoms. The molecular weight excluding hydrogens is 644 g/mol. The summed E-state index contributed by atoms with van der Waals surface area (Å²) in [6, 6.07) is 23.0. The van der Waals surface area contributed by atoms with Crippen molar-refractivity contribution in [1.29, 1.82) is 0 Å². The Labute approximate surface area is 300 Å². The summed E-state index contributed by atoms with van der Waals surface area (Å²) >= 11 is 0. The van der Waals surface area contributed by atoms with E-state index in [9.17, 15) is 14.4 Å². The summed E-state index contributed by atoms with van der Waals surface area (Å²) in [7, 11) is 3.42. The smallest absolute Gasteiger partial charge is 0.410 e. The number of benzene rings is 3. The molecule has 0 saturated carbocycles. The number of nitrogens with one attached hydrogen (secondary N) is 1. The predicted molar refractivity (Wildman–Crippen MR) is 197 cm³/mol. The predicted octanol–water partition coefficient (Wildman–Crippen LogP) is 7.45. The topological polar surface area (TPSA) is 102 Å². The number of fused-ring (bicyclic) bond motifs is 2. The Morgan fingerprint density at radius 3 is 2.29 bits per heavy atom. The first-order valence-electron chi connectivity index (χ1n) is 17.5.